The first-order valence-corrected chi connectivity index (χ1v) is 14.0. The summed E-state index contributed by atoms with van der Waals surface area (Å²) in [5, 5.41) is 12.6. The van der Waals surface area contributed by atoms with Gasteiger partial charge in [-0.3, -0.25) is 9.59 Å². The highest BCUT2D eigenvalue weighted by atomic mass is 16.7. The van der Waals surface area contributed by atoms with Crippen LogP contribution >= 0.6 is 0 Å². The third kappa shape index (κ3) is 14.2. The summed E-state index contributed by atoms with van der Waals surface area (Å²) in [5.74, 6) is -1.37. The highest BCUT2D eigenvalue weighted by Gasteiger charge is 2.22. The Bertz CT molecular complexity index is 951. The summed E-state index contributed by atoms with van der Waals surface area (Å²) in [7, 11) is 0. The minimum absolute atomic E-state index is 0.00283. The summed E-state index contributed by atoms with van der Waals surface area (Å²) in [6, 6.07) is 3.33. The summed E-state index contributed by atoms with van der Waals surface area (Å²) < 4.78 is 26.2. The molecule has 11 heteroatoms. The van der Waals surface area contributed by atoms with Gasteiger partial charge in [-0.05, 0) is 49.3 Å². The summed E-state index contributed by atoms with van der Waals surface area (Å²) in [4.78, 5) is 48.3. The van der Waals surface area contributed by atoms with Crippen LogP contribution in [0.4, 0.5) is 9.59 Å². The normalized spacial score (nSPS) is 13.8. The molecule has 1 aromatic carbocycles. The Morgan fingerprint density at radius 3 is 1.98 bits per heavy atom. The Balaban J connectivity index is 2.98. The zero-order valence-corrected chi connectivity index (χ0v) is 24.5. The molecule has 0 aliphatic heterocycles. The molecule has 226 valence electrons. The average molecular weight is 568 g/mol. The van der Waals surface area contributed by atoms with E-state index in [1.165, 1.54) is 12.1 Å². The van der Waals surface area contributed by atoms with E-state index in [-0.39, 0.29) is 55.5 Å². The van der Waals surface area contributed by atoms with E-state index in [1.807, 2.05) is 34.6 Å². The molecule has 0 aliphatic rings. The maximum absolute atomic E-state index is 12.3. The van der Waals surface area contributed by atoms with E-state index in [9.17, 15) is 24.3 Å². The van der Waals surface area contributed by atoms with Crippen LogP contribution < -0.4 is 14.8 Å². The number of esters is 1. The number of carbonyl (C=O) groups is 4. The number of nitrogens with one attached hydrogen (secondary N) is 1. The van der Waals surface area contributed by atoms with Gasteiger partial charge in [0, 0.05) is 13.0 Å². The van der Waals surface area contributed by atoms with Gasteiger partial charge < -0.3 is 34.1 Å². The minimum Gasteiger partial charge on any atom is -0.480 e. The average Bonchev–Trinajstić information content (AvgIpc) is 2.92. The number of hydrogen-bond donors (Lipinski definition) is 2. The van der Waals surface area contributed by atoms with Gasteiger partial charge in [-0.25, -0.2) is 9.59 Å². The number of rotatable bonds is 18. The van der Waals surface area contributed by atoms with Crippen molar-refractivity contribution in [3.63, 3.8) is 0 Å². The first-order chi connectivity index (χ1) is 19.0. The molecule has 0 radical (unpaired) electrons. The van der Waals surface area contributed by atoms with Gasteiger partial charge in [0.2, 0.25) is 0 Å². The van der Waals surface area contributed by atoms with Crippen LogP contribution in [0.2, 0.25) is 0 Å². The van der Waals surface area contributed by atoms with Crippen LogP contribution in [0.25, 0.3) is 0 Å². The van der Waals surface area contributed by atoms with Crippen molar-refractivity contribution in [1.29, 1.82) is 0 Å². The lowest BCUT2D eigenvalue weighted by Crippen LogP contribution is -2.42. The van der Waals surface area contributed by atoms with Crippen molar-refractivity contribution in [3.8, 4) is 11.5 Å². The Hall–Kier alpha value is -3.34. The number of aliphatic carboxylic acids is 1. The third-order valence-corrected chi connectivity index (χ3v) is 6.22. The second-order valence-electron chi connectivity index (χ2n) is 10.0. The molecule has 4 atom stereocenters. The standard InChI is InChI=1S/C29H45NO10/c1-7-10-11-26(31)38-21(6)16-30-23(27(32)33)14-22-12-13-24(39-28(34)36-17-19(4)8-2)25(15-22)40-29(35)37-18-20(5)9-3/h12-13,15,19-21,23,30H,7-11,14,16-18H2,1-6H3,(H,32,33)/t19?,20?,21?,23-/m0/s1. The fraction of sp³-hybridized carbons (Fsp3) is 0.655. The SMILES string of the molecule is CCCCC(=O)OC(C)CN[C@@H](Cc1ccc(OC(=O)OCC(C)CC)c(OC(=O)OCC(C)CC)c1)C(=O)O. The van der Waals surface area contributed by atoms with E-state index in [4.69, 9.17) is 23.7 Å². The van der Waals surface area contributed by atoms with Crippen molar-refractivity contribution in [2.45, 2.75) is 92.2 Å². The maximum atomic E-state index is 12.3. The lowest BCUT2D eigenvalue weighted by Gasteiger charge is -2.19. The van der Waals surface area contributed by atoms with Crippen LogP contribution in [0.15, 0.2) is 18.2 Å². The largest absolute Gasteiger partial charge is 0.513 e. The van der Waals surface area contributed by atoms with E-state index >= 15 is 0 Å². The van der Waals surface area contributed by atoms with Crippen molar-refractivity contribution in [2.75, 3.05) is 19.8 Å². The van der Waals surface area contributed by atoms with Crippen LogP contribution in [-0.4, -0.2) is 61.3 Å². The van der Waals surface area contributed by atoms with Gasteiger partial charge >= 0.3 is 24.2 Å². The monoisotopic (exact) mass is 567 g/mol. The second-order valence-corrected chi connectivity index (χ2v) is 10.0. The molecule has 40 heavy (non-hydrogen) atoms. The van der Waals surface area contributed by atoms with Gasteiger partial charge in [0.15, 0.2) is 11.5 Å². The summed E-state index contributed by atoms with van der Waals surface area (Å²) in [6.07, 6.45) is 1.06. The van der Waals surface area contributed by atoms with Crippen molar-refractivity contribution in [2.24, 2.45) is 11.8 Å². The summed E-state index contributed by atoms with van der Waals surface area (Å²) in [5.41, 5.74) is 0.484. The first kappa shape index (κ1) is 34.7. The Labute approximate surface area is 236 Å². The molecule has 3 unspecified atom stereocenters. The van der Waals surface area contributed by atoms with Crippen LogP contribution in [0.3, 0.4) is 0 Å². The molecule has 11 nitrogen and oxygen atoms in total. The van der Waals surface area contributed by atoms with E-state index in [0.717, 1.165) is 25.7 Å². The Morgan fingerprint density at radius 1 is 0.875 bits per heavy atom. The molecule has 0 heterocycles. The number of benzene rings is 1. The van der Waals surface area contributed by atoms with Crippen molar-refractivity contribution >= 4 is 24.2 Å². The highest BCUT2D eigenvalue weighted by Crippen LogP contribution is 2.30. The highest BCUT2D eigenvalue weighted by molar-refractivity contribution is 5.74. The molecule has 2 N–H and O–H groups in total. The molecule has 0 spiro atoms. The molecular formula is C29H45NO10. The van der Waals surface area contributed by atoms with Gasteiger partial charge in [0.1, 0.15) is 12.1 Å². The fourth-order valence-electron chi connectivity index (χ4n) is 3.18. The molecule has 0 saturated carbocycles. The van der Waals surface area contributed by atoms with Gasteiger partial charge in [-0.2, -0.15) is 0 Å². The third-order valence-electron chi connectivity index (χ3n) is 6.22. The van der Waals surface area contributed by atoms with E-state index in [1.54, 1.807) is 13.0 Å². The molecule has 0 aromatic heterocycles. The van der Waals surface area contributed by atoms with Crippen LogP contribution in [0, 0.1) is 11.8 Å². The molecule has 1 aromatic rings. The molecule has 0 fully saturated rings. The predicted molar refractivity (Wildman–Crippen MR) is 148 cm³/mol. The zero-order chi connectivity index (χ0) is 30.1. The zero-order valence-electron chi connectivity index (χ0n) is 24.5. The maximum Gasteiger partial charge on any atom is 0.513 e. The predicted octanol–water partition coefficient (Wildman–Crippen LogP) is 5.52. The number of unbranched alkanes of at least 4 members (excludes halogenated alkanes) is 1. The second kappa shape index (κ2) is 18.9. The van der Waals surface area contributed by atoms with E-state index < -0.39 is 30.4 Å². The smallest absolute Gasteiger partial charge is 0.480 e. The van der Waals surface area contributed by atoms with Crippen LogP contribution in [0.1, 0.15) is 79.2 Å². The summed E-state index contributed by atoms with van der Waals surface area (Å²) >= 11 is 0. The van der Waals surface area contributed by atoms with Gasteiger partial charge in [-0.15, -0.1) is 0 Å². The van der Waals surface area contributed by atoms with Crippen LogP contribution in [0.5, 0.6) is 11.5 Å². The quantitative estimate of drug-likeness (QED) is 0.131. The Morgan fingerprint density at radius 2 is 1.45 bits per heavy atom. The molecule has 0 aliphatic carbocycles. The topological polar surface area (TPSA) is 147 Å². The lowest BCUT2D eigenvalue weighted by atomic mass is 10.0. The minimum atomic E-state index is -1.12. The molecule has 1 rings (SSSR count). The number of carboxylic acid groups (broad SMARTS) is 1. The molecule has 0 bridgehead atoms. The molecule has 0 amide bonds. The number of hydrogen-bond acceptors (Lipinski definition) is 10. The first-order valence-electron chi connectivity index (χ1n) is 14.0. The molecule has 0 saturated heterocycles. The van der Waals surface area contributed by atoms with E-state index in [2.05, 4.69) is 5.32 Å². The van der Waals surface area contributed by atoms with Gasteiger partial charge in [0.25, 0.3) is 0 Å². The Kier molecular flexibility index (Phi) is 16.4. The number of carboxylic acids is 1. The fourth-order valence-corrected chi connectivity index (χ4v) is 3.18. The summed E-state index contributed by atoms with van der Waals surface area (Å²) in [6.45, 7) is 11.9. The van der Waals surface area contributed by atoms with Crippen molar-refractivity contribution in [1.82, 2.24) is 5.32 Å². The number of ether oxygens (including phenoxy) is 5. The molecular weight excluding hydrogens is 522 g/mol. The van der Waals surface area contributed by atoms with Gasteiger partial charge in [0.05, 0.1) is 13.2 Å². The van der Waals surface area contributed by atoms with Gasteiger partial charge in [-0.1, -0.05) is 59.9 Å². The van der Waals surface area contributed by atoms with Crippen molar-refractivity contribution < 1.29 is 48.0 Å². The lowest BCUT2D eigenvalue weighted by molar-refractivity contribution is -0.148. The van der Waals surface area contributed by atoms with E-state index in [0.29, 0.717) is 12.0 Å². The number of carbonyl (C=O) groups excluding carboxylic acids is 3. The van der Waals surface area contributed by atoms with Crippen molar-refractivity contribution in [3.05, 3.63) is 23.8 Å². The van der Waals surface area contributed by atoms with Crippen LogP contribution in [-0.2, 0) is 30.2 Å².